The number of ether oxygens (including phenoxy) is 1. The van der Waals surface area contributed by atoms with Crippen molar-refractivity contribution < 1.29 is 9.53 Å². The van der Waals surface area contributed by atoms with E-state index in [4.69, 9.17) is 4.74 Å². The molecule has 2 heteroatoms. The summed E-state index contributed by atoms with van der Waals surface area (Å²) in [5.41, 5.74) is 1.34. The van der Waals surface area contributed by atoms with Crippen molar-refractivity contribution in [2.45, 2.75) is 45.6 Å². The van der Waals surface area contributed by atoms with Crippen LogP contribution >= 0.6 is 0 Å². The fourth-order valence-corrected chi connectivity index (χ4v) is 1.76. The van der Waals surface area contributed by atoms with Gasteiger partial charge in [-0.05, 0) is 46.1 Å². The zero-order valence-electron chi connectivity index (χ0n) is 9.22. The molecular formula is C12H18O2. The molecule has 1 atom stereocenters. The van der Waals surface area contributed by atoms with Crippen molar-refractivity contribution >= 4 is 5.97 Å². The van der Waals surface area contributed by atoms with Crippen LogP contribution in [0.5, 0.6) is 0 Å². The summed E-state index contributed by atoms with van der Waals surface area (Å²) >= 11 is 0. The highest BCUT2D eigenvalue weighted by Crippen LogP contribution is 2.29. The Kier molecular flexibility index (Phi) is 3.14. The van der Waals surface area contributed by atoms with Crippen LogP contribution in [0.2, 0.25) is 0 Å². The molecule has 78 valence electrons. The molecule has 0 amide bonds. The molecule has 0 aromatic heterocycles. The first-order valence-electron chi connectivity index (χ1n) is 5.00. The molecule has 0 heterocycles. The highest BCUT2D eigenvalue weighted by atomic mass is 16.6. The maximum atomic E-state index is 11.4. The first kappa shape index (κ1) is 11.0. The Hall–Kier alpha value is -1.05. The van der Waals surface area contributed by atoms with Gasteiger partial charge in [0.05, 0.1) is 0 Å². The molecule has 1 aliphatic rings. The molecule has 0 aromatic rings. The van der Waals surface area contributed by atoms with E-state index in [0.29, 0.717) is 5.57 Å². The summed E-state index contributed by atoms with van der Waals surface area (Å²) in [6.07, 6.45) is 5.16. The molecular weight excluding hydrogens is 176 g/mol. The van der Waals surface area contributed by atoms with Gasteiger partial charge in [0.15, 0.2) is 0 Å². The van der Waals surface area contributed by atoms with Gasteiger partial charge < -0.3 is 4.74 Å². The number of hydrogen-bond donors (Lipinski definition) is 0. The Morgan fingerprint density at radius 1 is 1.64 bits per heavy atom. The van der Waals surface area contributed by atoms with E-state index in [2.05, 4.69) is 19.6 Å². The van der Waals surface area contributed by atoms with Gasteiger partial charge in [0.1, 0.15) is 5.60 Å². The SMILES string of the molecule is C=C(C)C(=O)OC1(C)C=C(C)CCC1. The predicted octanol–water partition coefficient (Wildman–Crippen LogP) is 2.99. The minimum absolute atomic E-state index is 0.293. The summed E-state index contributed by atoms with van der Waals surface area (Å²) in [5, 5.41) is 0. The van der Waals surface area contributed by atoms with Crippen LogP contribution < -0.4 is 0 Å². The van der Waals surface area contributed by atoms with Crippen molar-refractivity contribution in [2.24, 2.45) is 0 Å². The third-order valence-corrected chi connectivity index (χ3v) is 2.47. The van der Waals surface area contributed by atoms with E-state index in [-0.39, 0.29) is 5.97 Å². The molecule has 2 nitrogen and oxygen atoms in total. The van der Waals surface area contributed by atoms with Crippen LogP contribution in [0.1, 0.15) is 40.0 Å². The van der Waals surface area contributed by atoms with E-state index in [9.17, 15) is 4.79 Å². The molecule has 14 heavy (non-hydrogen) atoms. The van der Waals surface area contributed by atoms with E-state index in [1.54, 1.807) is 6.92 Å². The van der Waals surface area contributed by atoms with Crippen molar-refractivity contribution in [3.63, 3.8) is 0 Å². The molecule has 0 radical (unpaired) electrons. The molecule has 0 spiro atoms. The summed E-state index contributed by atoms with van der Waals surface area (Å²) < 4.78 is 5.40. The number of allylic oxidation sites excluding steroid dienone is 1. The number of hydrogen-bond acceptors (Lipinski definition) is 2. The summed E-state index contributed by atoms with van der Waals surface area (Å²) in [5.74, 6) is -0.293. The lowest BCUT2D eigenvalue weighted by molar-refractivity contribution is -0.149. The summed E-state index contributed by atoms with van der Waals surface area (Å²) in [4.78, 5) is 11.4. The predicted molar refractivity (Wildman–Crippen MR) is 56.9 cm³/mol. The van der Waals surface area contributed by atoms with Gasteiger partial charge in [-0.1, -0.05) is 12.2 Å². The zero-order valence-corrected chi connectivity index (χ0v) is 9.22. The van der Waals surface area contributed by atoms with Gasteiger partial charge in [-0.2, -0.15) is 0 Å². The molecule has 0 aromatic carbocycles. The average Bonchev–Trinajstić information content (AvgIpc) is 2.02. The van der Waals surface area contributed by atoms with E-state index in [1.165, 1.54) is 5.57 Å². The van der Waals surface area contributed by atoms with Crippen LogP contribution in [-0.4, -0.2) is 11.6 Å². The van der Waals surface area contributed by atoms with Crippen LogP contribution in [0.25, 0.3) is 0 Å². The Labute approximate surface area is 85.6 Å². The lowest BCUT2D eigenvalue weighted by atomic mass is 9.88. The summed E-state index contributed by atoms with van der Waals surface area (Å²) in [6, 6.07) is 0. The van der Waals surface area contributed by atoms with Gasteiger partial charge in [0, 0.05) is 5.57 Å². The summed E-state index contributed by atoms with van der Waals surface area (Å²) in [6.45, 7) is 9.28. The van der Waals surface area contributed by atoms with Gasteiger partial charge in [0.2, 0.25) is 0 Å². The Morgan fingerprint density at radius 3 is 2.79 bits per heavy atom. The normalized spacial score (nSPS) is 26.6. The van der Waals surface area contributed by atoms with Crippen molar-refractivity contribution in [3.05, 3.63) is 23.8 Å². The topological polar surface area (TPSA) is 26.3 Å². The van der Waals surface area contributed by atoms with Crippen molar-refractivity contribution in [2.75, 3.05) is 0 Å². The van der Waals surface area contributed by atoms with Crippen LogP contribution in [0.3, 0.4) is 0 Å². The van der Waals surface area contributed by atoms with Gasteiger partial charge in [-0.15, -0.1) is 0 Å². The quantitative estimate of drug-likeness (QED) is 0.384. The maximum Gasteiger partial charge on any atom is 0.333 e. The lowest BCUT2D eigenvalue weighted by Gasteiger charge is -2.30. The molecule has 0 aliphatic heterocycles. The molecule has 0 saturated carbocycles. The van der Waals surface area contributed by atoms with Crippen molar-refractivity contribution in [3.8, 4) is 0 Å². The van der Waals surface area contributed by atoms with E-state index in [0.717, 1.165) is 19.3 Å². The first-order valence-corrected chi connectivity index (χ1v) is 5.00. The second kappa shape index (κ2) is 3.99. The highest BCUT2D eigenvalue weighted by Gasteiger charge is 2.28. The van der Waals surface area contributed by atoms with E-state index < -0.39 is 5.60 Å². The largest absolute Gasteiger partial charge is 0.452 e. The number of carbonyl (C=O) groups excluding carboxylic acids is 1. The van der Waals surface area contributed by atoms with Crippen molar-refractivity contribution in [1.29, 1.82) is 0 Å². The average molecular weight is 194 g/mol. The molecule has 0 fully saturated rings. The second-order valence-electron chi connectivity index (χ2n) is 4.33. The van der Waals surface area contributed by atoms with Crippen LogP contribution in [0.4, 0.5) is 0 Å². The Bertz CT molecular complexity index is 289. The fourth-order valence-electron chi connectivity index (χ4n) is 1.76. The molecule has 0 N–H and O–H groups in total. The van der Waals surface area contributed by atoms with Gasteiger partial charge in [0.25, 0.3) is 0 Å². The van der Waals surface area contributed by atoms with Crippen LogP contribution in [0.15, 0.2) is 23.8 Å². The minimum atomic E-state index is -0.418. The number of esters is 1. The first-order chi connectivity index (χ1) is 6.43. The minimum Gasteiger partial charge on any atom is -0.452 e. The third kappa shape index (κ3) is 2.72. The summed E-state index contributed by atoms with van der Waals surface area (Å²) in [7, 11) is 0. The highest BCUT2D eigenvalue weighted by molar-refractivity contribution is 5.87. The van der Waals surface area contributed by atoms with Crippen molar-refractivity contribution in [1.82, 2.24) is 0 Å². The third-order valence-electron chi connectivity index (χ3n) is 2.47. The number of carbonyl (C=O) groups is 1. The van der Waals surface area contributed by atoms with E-state index >= 15 is 0 Å². The standard InChI is InChI=1S/C12H18O2/c1-9(2)11(13)14-12(4)7-5-6-10(3)8-12/h8H,1,5-7H2,2-4H3. The van der Waals surface area contributed by atoms with E-state index in [1.807, 2.05) is 6.92 Å². The molecule has 0 saturated heterocycles. The molecule has 1 unspecified atom stereocenters. The van der Waals surface area contributed by atoms with Crippen LogP contribution in [0, 0.1) is 0 Å². The van der Waals surface area contributed by atoms with Gasteiger partial charge in [-0.25, -0.2) is 4.79 Å². The Morgan fingerprint density at radius 2 is 2.29 bits per heavy atom. The monoisotopic (exact) mass is 194 g/mol. The second-order valence-corrected chi connectivity index (χ2v) is 4.33. The van der Waals surface area contributed by atoms with Crippen LogP contribution in [-0.2, 0) is 9.53 Å². The zero-order chi connectivity index (χ0) is 10.8. The molecule has 1 rings (SSSR count). The van der Waals surface area contributed by atoms with Gasteiger partial charge >= 0.3 is 5.97 Å². The van der Waals surface area contributed by atoms with Gasteiger partial charge in [-0.3, -0.25) is 0 Å². The molecule has 0 bridgehead atoms. The fraction of sp³-hybridized carbons (Fsp3) is 0.583. The maximum absolute atomic E-state index is 11.4. The lowest BCUT2D eigenvalue weighted by Crippen LogP contribution is -2.32. The number of rotatable bonds is 2. The molecule has 1 aliphatic carbocycles. The smallest absolute Gasteiger partial charge is 0.333 e. The Balaban J connectivity index is 2.71.